The van der Waals surface area contributed by atoms with Crippen molar-refractivity contribution in [3.63, 3.8) is 0 Å². The van der Waals surface area contributed by atoms with E-state index in [0.29, 0.717) is 12.1 Å². The van der Waals surface area contributed by atoms with Crippen LogP contribution in [0.3, 0.4) is 0 Å². The molecule has 4 nitrogen and oxygen atoms in total. The number of hydrogen-bond acceptors (Lipinski definition) is 3. The average molecular weight is 232 g/mol. The molecule has 0 aromatic heterocycles. The van der Waals surface area contributed by atoms with Gasteiger partial charge in [0, 0.05) is 6.54 Å². The van der Waals surface area contributed by atoms with Gasteiger partial charge in [-0.25, -0.2) is 17.9 Å². The Kier molecular flexibility index (Phi) is 3.78. The zero-order valence-corrected chi connectivity index (χ0v) is 9.14. The van der Waals surface area contributed by atoms with Gasteiger partial charge in [0.25, 0.3) is 0 Å². The smallest absolute Gasteiger partial charge is 0.240 e. The normalized spacial score (nSPS) is 11.7. The minimum atomic E-state index is -3.97. The lowest BCUT2D eigenvalue weighted by Crippen LogP contribution is -2.15. The lowest BCUT2D eigenvalue weighted by Gasteiger charge is -2.04. The maximum absolute atomic E-state index is 13.3. The number of benzene rings is 1. The van der Waals surface area contributed by atoms with E-state index in [1.165, 1.54) is 18.2 Å². The number of nitrogens with two attached hydrogens (primary N) is 1. The van der Waals surface area contributed by atoms with E-state index in [9.17, 15) is 12.8 Å². The topological polar surface area (TPSA) is 72.2 Å². The van der Waals surface area contributed by atoms with E-state index in [2.05, 4.69) is 5.32 Å². The number of primary sulfonamides is 1. The summed E-state index contributed by atoms with van der Waals surface area (Å²) in [5.41, 5.74) is 0.682. The molecule has 0 aliphatic rings. The zero-order chi connectivity index (χ0) is 11.5. The second kappa shape index (κ2) is 4.69. The molecule has 0 amide bonds. The summed E-state index contributed by atoms with van der Waals surface area (Å²) in [6, 6.07) is 3.88. The first-order valence-corrected chi connectivity index (χ1v) is 6.01. The predicted molar refractivity (Wildman–Crippen MR) is 55.2 cm³/mol. The molecule has 1 rings (SSSR count). The molecule has 6 heteroatoms. The fourth-order valence-corrected chi connectivity index (χ4v) is 1.74. The highest BCUT2D eigenvalue weighted by atomic mass is 32.2. The van der Waals surface area contributed by atoms with Gasteiger partial charge in [0.15, 0.2) is 0 Å². The molecule has 0 unspecified atom stereocenters. The SMILES string of the molecule is CCNCc1ccc(S(N)(=O)=O)c(F)c1. The van der Waals surface area contributed by atoms with Gasteiger partial charge in [-0.05, 0) is 24.2 Å². The Morgan fingerprint density at radius 3 is 2.60 bits per heavy atom. The van der Waals surface area contributed by atoms with Crippen molar-refractivity contribution in [1.29, 1.82) is 0 Å². The molecule has 0 aliphatic carbocycles. The third kappa shape index (κ3) is 3.26. The molecule has 0 heterocycles. The van der Waals surface area contributed by atoms with Crippen LogP contribution in [0.1, 0.15) is 12.5 Å². The van der Waals surface area contributed by atoms with Gasteiger partial charge >= 0.3 is 0 Å². The number of halogens is 1. The summed E-state index contributed by atoms with van der Waals surface area (Å²) in [5.74, 6) is -0.812. The Morgan fingerprint density at radius 2 is 2.13 bits per heavy atom. The monoisotopic (exact) mass is 232 g/mol. The molecule has 0 bridgehead atoms. The molecule has 1 aromatic rings. The Hall–Kier alpha value is -0.980. The van der Waals surface area contributed by atoms with Crippen LogP contribution in [0.5, 0.6) is 0 Å². The number of rotatable bonds is 4. The lowest BCUT2D eigenvalue weighted by atomic mass is 10.2. The second-order valence-electron chi connectivity index (χ2n) is 3.09. The quantitative estimate of drug-likeness (QED) is 0.797. The predicted octanol–water partition coefficient (Wildman–Crippen LogP) is 0.583. The van der Waals surface area contributed by atoms with Gasteiger partial charge in [-0.1, -0.05) is 13.0 Å². The van der Waals surface area contributed by atoms with Crippen molar-refractivity contribution in [2.45, 2.75) is 18.4 Å². The first-order chi connectivity index (χ1) is 6.95. The van der Waals surface area contributed by atoms with Crippen LogP contribution in [-0.4, -0.2) is 15.0 Å². The zero-order valence-electron chi connectivity index (χ0n) is 8.33. The summed E-state index contributed by atoms with van der Waals surface area (Å²) >= 11 is 0. The van der Waals surface area contributed by atoms with Gasteiger partial charge in [0.05, 0.1) is 0 Å². The third-order valence-corrected chi connectivity index (χ3v) is 2.83. The van der Waals surface area contributed by atoms with Crippen LogP contribution in [0.4, 0.5) is 4.39 Å². The minimum Gasteiger partial charge on any atom is -0.313 e. The van der Waals surface area contributed by atoms with Gasteiger partial charge in [-0.15, -0.1) is 0 Å². The van der Waals surface area contributed by atoms with Crippen molar-refractivity contribution in [2.24, 2.45) is 5.14 Å². The summed E-state index contributed by atoms with van der Waals surface area (Å²) in [5, 5.41) is 7.83. The molecule has 1 aromatic carbocycles. The molecular weight excluding hydrogens is 219 g/mol. The van der Waals surface area contributed by atoms with Crippen molar-refractivity contribution < 1.29 is 12.8 Å². The molecule has 15 heavy (non-hydrogen) atoms. The van der Waals surface area contributed by atoms with Crippen molar-refractivity contribution in [1.82, 2.24) is 5.32 Å². The minimum absolute atomic E-state index is 0.470. The maximum Gasteiger partial charge on any atom is 0.240 e. The molecule has 84 valence electrons. The van der Waals surface area contributed by atoms with Crippen LogP contribution in [0.15, 0.2) is 23.1 Å². The van der Waals surface area contributed by atoms with E-state index in [1.807, 2.05) is 6.92 Å². The average Bonchev–Trinajstić information content (AvgIpc) is 2.12. The Bertz CT molecular complexity index is 445. The summed E-state index contributed by atoms with van der Waals surface area (Å²) in [6.45, 7) is 3.19. The number of nitrogens with one attached hydrogen (secondary N) is 1. The van der Waals surface area contributed by atoms with E-state index in [0.717, 1.165) is 6.54 Å². The number of hydrogen-bond donors (Lipinski definition) is 2. The summed E-state index contributed by atoms with van der Waals surface area (Å²) in [7, 11) is -3.97. The molecule has 0 fully saturated rings. The molecule has 0 saturated heterocycles. The fraction of sp³-hybridized carbons (Fsp3) is 0.333. The van der Waals surface area contributed by atoms with Crippen LogP contribution in [-0.2, 0) is 16.6 Å². The Balaban J connectivity index is 2.99. The van der Waals surface area contributed by atoms with Gasteiger partial charge in [0.2, 0.25) is 10.0 Å². The summed E-state index contributed by atoms with van der Waals surface area (Å²) < 4.78 is 35.1. The highest BCUT2D eigenvalue weighted by molar-refractivity contribution is 7.89. The van der Waals surface area contributed by atoms with Crippen LogP contribution < -0.4 is 10.5 Å². The van der Waals surface area contributed by atoms with Crippen molar-refractivity contribution >= 4 is 10.0 Å². The highest BCUT2D eigenvalue weighted by Gasteiger charge is 2.13. The van der Waals surface area contributed by atoms with Crippen molar-refractivity contribution in [3.8, 4) is 0 Å². The first kappa shape index (κ1) is 12.1. The fourth-order valence-electron chi connectivity index (χ4n) is 1.15. The molecule has 0 radical (unpaired) electrons. The van der Waals surface area contributed by atoms with E-state index in [4.69, 9.17) is 5.14 Å². The Morgan fingerprint density at radius 1 is 1.47 bits per heavy atom. The second-order valence-corrected chi connectivity index (χ2v) is 4.62. The van der Waals surface area contributed by atoms with Crippen molar-refractivity contribution in [2.75, 3.05) is 6.54 Å². The standard InChI is InChI=1S/C9H13FN2O2S/c1-2-12-6-7-3-4-9(8(10)5-7)15(11,13)14/h3-5,12H,2,6H2,1H3,(H2,11,13,14). The highest BCUT2D eigenvalue weighted by Crippen LogP contribution is 2.14. The van der Waals surface area contributed by atoms with Gasteiger partial charge in [-0.3, -0.25) is 0 Å². The van der Waals surface area contributed by atoms with Gasteiger partial charge in [-0.2, -0.15) is 0 Å². The Labute approximate surface area is 88.3 Å². The van der Waals surface area contributed by atoms with E-state index < -0.39 is 20.7 Å². The van der Waals surface area contributed by atoms with Crippen LogP contribution >= 0.6 is 0 Å². The third-order valence-electron chi connectivity index (χ3n) is 1.88. The van der Waals surface area contributed by atoms with Gasteiger partial charge < -0.3 is 5.32 Å². The maximum atomic E-state index is 13.3. The van der Waals surface area contributed by atoms with E-state index in [1.54, 1.807) is 0 Å². The molecule has 0 aliphatic heterocycles. The molecule has 0 atom stereocenters. The molecule has 3 N–H and O–H groups in total. The van der Waals surface area contributed by atoms with Crippen LogP contribution in [0.25, 0.3) is 0 Å². The van der Waals surface area contributed by atoms with Crippen LogP contribution in [0.2, 0.25) is 0 Å². The van der Waals surface area contributed by atoms with Gasteiger partial charge in [0.1, 0.15) is 10.7 Å². The molecular formula is C9H13FN2O2S. The van der Waals surface area contributed by atoms with Crippen molar-refractivity contribution in [3.05, 3.63) is 29.6 Å². The molecule has 0 spiro atoms. The van der Waals surface area contributed by atoms with E-state index in [-0.39, 0.29) is 0 Å². The summed E-state index contributed by atoms with van der Waals surface area (Å²) in [4.78, 5) is -0.470. The lowest BCUT2D eigenvalue weighted by molar-refractivity contribution is 0.565. The first-order valence-electron chi connectivity index (χ1n) is 4.47. The largest absolute Gasteiger partial charge is 0.313 e. The number of sulfonamides is 1. The van der Waals surface area contributed by atoms with Crippen LogP contribution in [0, 0.1) is 5.82 Å². The van der Waals surface area contributed by atoms with E-state index >= 15 is 0 Å². The molecule has 0 saturated carbocycles. The summed E-state index contributed by atoms with van der Waals surface area (Å²) in [6.07, 6.45) is 0.